The molecule has 0 aliphatic rings. The van der Waals surface area contributed by atoms with Crippen molar-refractivity contribution in [3.63, 3.8) is 0 Å². The molecule has 150 valence electrons. The van der Waals surface area contributed by atoms with Crippen molar-refractivity contribution in [1.82, 2.24) is 4.98 Å². The van der Waals surface area contributed by atoms with E-state index in [1.165, 1.54) is 0 Å². The van der Waals surface area contributed by atoms with Gasteiger partial charge in [0.1, 0.15) is 0 Å². The zero-order valence-corrected chi connectivity index (χ0v) is 19.4. The highest BCUT2D eigenvalue weighted by Crippen LogP contribution is 2.57. The highest BCUT2D eigenvalue weighted by Gasteiger charge is 2.33. The van der Waals surface area contributed by atoms with Gasteiger partial charge in [-0.25, -0.2) is 4.98 Å². The molecule has 0 atom stereocenters. The molecule has 4 rings (SSSR count). The molecule has 0 saturated carbocycles. The number of hydrogen-bond donors (Lipinski definition) is 0. The van der Waals surface area contributed by atoms with Gasteiger partial charge in [0.15, 0.2) is 11.5 Å². The topological polar surface area (TPSA) is 30.0 Å². The molecule has 3 aromatic carbocycles. The van der Waals surface area contributed by atoms with Crippen LogP contribution in [0.5, 0.6) is 0 Å². The molecule has 1 aromatic heterocycles. The number of aromatic nitrogens is 1. The maximum atomic E-state index is 14.7. The molecule has 0 aliphatic carbocycles. The number of fused-ring (bicyclic) bond motifs is 1. The van der Waals surface area contributed by atoms with Crippen molar-refractivity contribution in [3.8, 4) is 0 Å². The first-order chi connectivity index (χ1) is 14.5. The van der Waals surface area contributed by atoms with E-state index in [-0.39, 0.29) is 0 Å². The number of rotatable bonds is 6. The molecule has 5 heteroatoms. The number of thiazole rings is 1. The van der Waals surface area contributed by atoms with Crippen LogP contribution in [0.15, 0.2) is 112 Å². The number of allylic oxidation sites excluding steroid dienone is 2. The summed E-state index contributed by atoms with van der Waals surface area (Å²) in [6, 6.07) is 27.5. The summed E-state index contributed by atoms with van der Waals surface area (Å²) >= 11 is 3.21. The molecule has 0 amide bonds. The Hall–Kier alpha value is -2.39. The minimum atomic E-state index is -3.09. The van der Waals surface area contributed by atoms with Gasteiger partial charge in [-0.3, -0.25) is 0 Å². The van der Waals surface area contributed by atoms with Gasteiger partial charge in [0.05, 0.1) is 10.2 Å². The van der Waals surface area contributed by atoms with Gasteiger partial charge in [0.25, 0.3) is 0 Å². The normalized spacial score (nSPS) is 11.4. The molecule has 0 radical (unpaired) electrons. The SMILES string of the molecule is C=C(C(Sc1nc2ccccc2s1)=C(C)C)P(=O)(c1ccccc1)c1ccccc1. The lowest BCUT2D eigenvalue weighted by molar-refractivity contribution is 0.591. The summed E-state index contributed by atoms with van der Waals surface area (Å²) in [5.41, 5.74) is 2.06. The van der Waals surface area contributed by atoms with Crippen LogP contribution < -0.4 is 10.6 Å². The standard InChI is InChI=1S/C25H22NOPS2/c1-18(2)24(30-25-26-22-16-10-11-17-23(22)29-25)19(3)28(27,20-12-6-4-7-13-20)21-14-8-5-9-15-21/h4-17H,3H2,1-2H3. The van der Waals surface area contributed by atoms with Gasteiger partial charge < -0.3 is 4.57 Å². The second-order valence-corrected chi connectivity index (χ2v) is 12.2. The Balaban J connectivity index is 1.81. The molecule has 0 spiro atoms. The molecule has 30 heavy (non-hydrogen) atoms. The summed E-state index contributed by atoms with van der Waals surface area (Å²) in [5.74, 6) is 0. The van der Waals surface area contributed by atoms with E-state index in [0.29, 0.717) is 5.31 Å². The molecule has 4 aromatic rings. The average Bonchev–Trinajstić information content (AvgIpc) is 3.20. The van der Waals surface area contributed by atoms with Gasteiger partial charge in [-0.15, -0.1) is 11.3 Å². The highest BCUT2D eigenvalue weighted by molar-refractivity contribution is 8.06. The number of benzene rings is 3. The molecule has 0 saturated heterocycles. The van der Waals surface area contributed by atoms with Crippen LogP contribution in [-0.2, 0) is 4.57 Å². The molecule has 0 aliphatic heterocycles. The lowest BCUT2D eigenvalue weighted by Gasteiger charge is -2.24. The lowest BCUT2D eigenvalue weighted by atomic mass is 10.3. The van der Waals surface area contributed by atoms with E-state index in [9.17, 15) is 4.57 Å². The Kier molecular flexibility index (Phi) is 6.10. The van der Waals surface area contributed by atoms with E-state index >= 15 is 0 Å². The maximum Gasteiger partial charge on any atom is 0.171 e. The lowest BCUT2D eigenvalue weighted by Crippen LogP contribution is -2.17. The summed E-state index contributed by atoms with van der Waals surface area (Å²) < 4.78 is 16.7. The molecule has 0 bridgehead atoms. The molecular formula is C25H22NOPS2. The molecule has 0 unspecified atom stereocenters. The van der Waals surface area contributed by atoms with Crippen molar-refractivity contribution in [1.29, 1.82) is 0 Å². The predicted molar refractivity (Wildman–Crippen MR) is 133 cm³/mol. The van der Waals surface area contributed by atoms with Crippen LogP contribution in [0.3, 0.4) is 0 Å². The van der Waals surface area contributed by atoms with Crippen molar-refractivity contribution in [2.45, 2.75) is 18.2 Å². The first kappa shape index (κ1) is 20.9. The van der Waals surface area contributed by atoms with Crippen molar-refractivity contribution in [2.24, 2.45) is 0 Å². The summed E-state index contributed by atoms with van der Waals surface area (Å²) in [6.45, 7) is 8.47. The number of hydrogen-bond acceptors (Lipinski definition) is 4. The smallest absolute Gasteiger partial charge is 0.171 e. The van der Waals surface area contributed by atoms with Crippen LogP contribution >= 0.6 is 30.2 Å². The Morgan fingerprint density at radius 1 is 0.867 bits per heavy atom. The van der Waals surface area contributed by atoms with Crippen molar-refractivity contribution in [2.75, 3.05) is 0 Å². The summed E-state index contributed by atoms with van der Waals surface area (Å²) in [4.78, 5) is 5.70. The second-order valence-electron chi connectivity index (χ2n) is 7.11. The molecule has 2 nitrogen and oxygen atoms in total. The Morgan fingerprint density at radius 2 is 1.40 bits per heavy atom. The van der Waals surface area contributed by atoms with E-state index < -0.39 is 7.14 Å². The van der Waals surface area contributed by atoms with E-state index in [1.807, 2.05) is 92.7 Å². The van der Waals surface area contributed by atoms with Crippen LogP contribution in [0.2, 0.25) is 0 Å². The van der Waals surface area contributed by atoms with Crippen molar-refractivity contribution in [3.05, 3.63) is 107 Å². The maximum absolute atomic E-state index is 14.7. The third-order valence-electron chi connectivity index (χ3n) is 4.80. The summed E-state index contributed by atoms with van der Waals surface area (Å²) in [7, 11) is -3.09. The minimum Gasteiger partial charge on any atom is -0.309 e. The van der Waals surface area contributed by atoms with Crippen LogP contribution in [-0.4, -0.2) is 4.98 Å². The Bertz CT molecular complexity index is 1200. The minimum absolute atomic E-state index is 0.657. The van der Waals surface area contributed by atoms with E-state index in [0.717, 1.165) is 35.6 Å². The predicted octanol–water partition coefficient (Wildman–Crippen LogP) is 7.21. The van der Waals surface area contributed by atoms with Crippen molar-refractivity contribution >= 4 is 51.1 Å². The zero-order chi connectivity index (χ0) is 21.1. The monoisotopic (exact) mass is 447 g/mol. The summed E-state index contributed by atoms with van der Waals surface area (Å²) in [5, 5.41) is 2.25. The van der Waals surface area contributed by atoms with Crippen LogP contribution in [0.4, 0.5) is 0 Å². The Labute approximate surface area is 185 Å². The van der Waals surface area contributed by atoms with E-state index in [1.54, 1.807) is 23.1 Å². The highest BCUT2D eigenvalue weighted by atomic mass is 32.2. The largest absolute Gasteiger partial charge is 0.309 e. The van der Waals surface area contributed by atoms with Gasteiger partial charge in [0, 0.05) is 20.8 Å². The average molecular weight is 448 g/mol. The van der Waals surface area contributed by atoms with E-state index in [2.05, 4.69) is 12.6 Å². The molecule has 1 heterocycles. The third kappa shape index (κ3) is 3.96. The molecule has 0 fully saturated rings. The van der Waals surface area contributed by atoms with Crippen LogP contribution in [0.1, 0.15) is 13.8 Å². The Morgan fingerprint density at radius 3 is 1.93 bits per heavy atom. The van der Waals surface area contributed by atoms with Crippen LogP contribution in [0.25, 0.3) is 10.2 Å². The number of para-hydroxylation sites is 1. The van der Waals surface area contributed by atoms with Gasteiger partial charge in [-0.1, -0.05) is 96.7 Å². The third-order valence-corrected chi connectivity index (χ3v) is 10.4. The van der Waals surface area contributed by atoms with Crippen LogP contribution in [0, 0.1) is 0 Å². The molecular weight excluding hydrogens is 425 g/mol. The fourth-order valence-electron chi connectivity index (χ4n) is 3.31. The first-order valence-corrected chi connectivity index (χ1v) is 13.0. The zero-order valence-electron chi connectivity index (χ0n) is 16.9. The van der Waals surface area contributed by atoms with Gasteiger partial charge in [-0.2, -0.15) is 0 Å². The van der Waals surface area contributed by atoms with Crippen molar-refractivity contribution < 1.29 is 4.57 Å². The van der Waals surface area contributed by atoms with Gasteiger partial charge >= 0.3 is 0 Å². The fourth-order valence-corrected chi connectivity index (χ4v) is 8.47. The first-order valence-electron chi connectivity index (χ1n) is 9.62. The quantitative estimate of drug-likeness (QED) is 0.178. The second kappa shape index (κ2) is 8.77. The number of thioether (sulfide) groups is 1. The van der Waals surface area contributed by atoms with Gasteiger partial charge in [0.2, 0.25) is 0 Å². The van der Waals surface area contributed by atoms with E-state index in [4.69, 9.17) is 4.98 Å². The fraction of sp³-hybridized carbons (Fsp3) is 0.0800. The molecule has 0 N–H and O–H groups in total. The number of nitrogens with zero attached hydrogens (tertiary/aromatic N) is 1. The van der Waals surface area contributed by atoms with Gasteiger partial charge in [-0.05, 0) is 26.0 Å². The summed E-state index contributed by atoms with van der Waals surface area (Å²) in [6.07, 6.45) is 0.